The largest absolute Gasteiger partial charge is 0.416 e. The molecule has 0 bridgehead atoms. The van der Waals surface area contributed by atoms with Gasteiger partial charge >= 0.3 is 6.18 Å². The second kappa shape index (κ2) is 11.1. The predicted octanol–water partition coefficient (Wildman–Crippen LogP) is 3.81. The normalized spacial score (nSPS) is 20.2. The summed E-state index contributed by atoms with van der Waals surface area (Å²) in [6.07, 6.45) is -0.637. The van der Waals surface area contributed by atoms with Crippen molar-refractivity contribution in [2.45, 2.75) is 38.4 Å². The molecule has 0 saturated carbocycles. The number of guanidine groups is 1. The summed E-state index contributed by atoms with van der Waals surface area (Å²) in [5.41, 5.74) is -0.327. The van der Waals surface area contributed by atoms with Gasteiger partial charge in [-0.3, -0.25) is 4.90 Å². The molecule has 1 atom stereocenters. The molecule has 0 aromatic heterocycles. The molecule has 2 fully saturated rings. The highest BCUT2D eigenvalue weighted by atomic mass is 127. The molecule has 0 spiro atoms. The molecule has 0 radical (unpaired) electrons. The first kappa shape index (κ1) is 23.8. The van der Waals surface area contributed by atoms with E-state index in [1.807, 2.05) is 6.92 Å². The molecule has 160 valence electrons. The third-order valence-electron chi connectivity index (χ3n) is 5.19. The van der Waals surface area contributed by atoms with E-state index >= 15 is 0 Å². The summed E-state index contributed by atoms with van der Waals surface area (Å²) < 4.78 is 38.3. The first-order valence-corrected chi connectivity index (χ1v) is 9.91. The number of alkyl halides is 3. The maximum atomic E-state index is 12.8. The van der Waals surface area contributed by atoms with Crippen molar-refractivity contribution in [3.8, 4) is 11.8 Å². The van der Waals surface area contributed by atoms with Gasteiger partial charge < -0.3 is 10.2 Å². The smallest absolute Gasteiger partial charge is 0.356 e. The number of nitrogens with one attached hydrogen (secondary N) is 1. The topological polar surface area (TPSA) is 30.9 Å². The van der Waals surface area contributed by atoms with Gasteiger partial charge in [0.25, 0.3) is 0 Å². The third-order valence-corrected chi connectivity index (χ3v) is 5.19. The molecule has 3 rings (SSSR count). The number of likely N-dealkylation sites (tertiary alicyclic amines) is 2. The van der Waals surface area contributed by atoms with E-state index < -0.39 is 11.7 Å². The van der Waals surface area contributed by atoms with Gasteiger partial charge in [0.2, 0.25) is 0 Å². The standard InChI is InChI=1S/C21H27F3N4.HI/c1-2-25-20(28-14-10-19(16-28)27-12-3-4-13-27)26-11-6-8-17-7-5-9-18(15-17)21(22,23)24;/h5,7,9,15,19H,2-4,10-14,16H2,1H3,(H,25,26);1H. The van der Waals surface area contributed by atoms with Crippen molar-refractivity contribution < 1.29 is 13.2 Å². The number of nitrogens with zero attached hydrogens (tertiary/aromatic N) is 3. The number of aliphatic imine (C=N–C) groups is 1. The van der Waals surface area contributed by atoms with Gasteiger partial charge in [0.05, 0.1) is 5.56 Å². The molecule has 1 aromatic carbocycles. The van der Waals surface area contributed by atoms with Crippen LogP contribution in [0.1, 0.15) is 37.3 Å². The molecule has 2 heterocycles. The van der Waals surface area contributed by atoms with E-state index in [9.17, 15) is 13.2 Å². The van der Waals surface area contributed by atoms with Crippen molar-refractivity contribution in [1.82, 2.24) is 15.1 Å². The zero-order valence-electron chi connectivity index (χ0n) is 16.6. The quantitative estimate of drug-likeness (QED) is 0.285. The maximum Gasteiger partial charge on any atom is 0.416 e. The zero-order valence-corrected chi connectivity index (χ0v) is 19.0. The van der Waals surface area contributed by atoms with Gasteiger partial charge in [-0.2, -0.15) is 13.2 Å². The summed E-state index contributed by atoms with van der Waals surface area (Å²) in [5, 5.41) is 3.30. The Morgan fingerprint density at radius 2 is 2.00 bits per heavy atom. The van der Waals surface area contributed by atoms with Crippen LogP contribution in [0, 0.1) is 11.8 Å². The Morgan fingerprint density at radius 1 is 1.24 bits per heavy atom. The number of rotatable bonds is 3. The van der Waals surface area contributed by atoms with Crippen LogP contribution in [-0.4, -0.2) is 61.1 Å². The van der Waals surface area contributed by atoms with Gasteiger partial charge in [0, 0.05) is 31.2 Å². The van der Waals surface area contributed by atoms with E-state index in [1.165, 1.54) is 32.0 Å². The van der Waals surface area contributed by atoms with E-state index in [1.54, 1.807) is 6.07 Å². The Morgan fingerprint density at radius 3 is 2.69 bits per heavy atom. The fourth-order valence-corrected chi connectivity index (χ4v) is 3.79. The lowest BCUT2D eigenvalue weighted by molar-refractivity contribution is -0.137. The van der Waals surface area contributed by atoms with Crippen LogP contribution < -0.4 is 5.32 Å². The van der Waals surface area contributed by atoms with Gasteiger partial charge in [-0.05, 0) is 57.5 Å². The van der Waals surface area contributed by atoms with Crippen LogP contribution in [0.25, 0.3) is 0 Å². The Hall–Kier alpha value is -1.47. The second-order valence-electron chi connectivity index (χ2n) is 7.18. The maximum absolute atomic E-state index is 12.8. The molecule has 1 N–H and O–H groups in total. The van der Waals surface area contributed by atoms with Crippen LogP contribution in [0.15, 0.2) is 29.3 Å². The number of halogens is 4. The average molecular weight is 520 g/mol. The monoisotopic (exact) mass is 520 g/mol. The molecular formula is C21H28F3IN4. The van der Waals surface area contributed by atoms with E-state index in [-0.39, 0.29) is 30.5 Å². The van der Waals surface area contributed by atoms with E-state index in [0.29, 0.717) is 11.6 Å². The van der Waals surface area contributed by atoms with Crippen molar-refractivity contribution in [2.75, 3.05) is 39.3 Å². The van der Waals surface area contributed by atoms with E-state index in [4.69, 9.17) is 0 Å². The first-order valence-electron chi connectivity index (χ1n) is 9.91. The second-order valence-corrected chi connectivity index (χ2v) is 7.18. The first-order chi connectivity index (χ1) is 13.5. The van der Waals surface area contributed by atoms with Crippen molar-refractivity contribution in [3.63, 3.8) is 0 Å². The molecule has 29 heavy (non-hydrogen) atoms. The van der Waals surface area contributed by atoms with Crippen LogP contribution >= 0.6 is 24.0 Å². The molecule has 2 aliphatic rings. The van der Waals surface area contributed by atoms with Crippen molar-refractivity contribution in [1.29, 1.82) is 0 Å². The summed E-state index contributed by atoms with van der Waals surface area (Å²) in [7, 11) is 0. The zero-order chi connectivity index (χ0) is 20.0. The Kier molecular flexibility index (Phi) is 9.08. The summed E-state index contributed by atoms with van der Waals surface area (Å²) in [4.78, 5) is 9.39. The van der Waals surface area contributed by atoms with Crippen LogP contribution in [0.3, 0.4) is 0 Å². The van der Waals surface area contributed by atoms with Crippen molar-refractivity contribution in [3.05, 3.63) is 35.4 Å². The molecule has 0 aliphatic carbocycles. The fraction of sp³-hybridized carbons (Fsp3) is 0.571. The third kappa shape index (κ3) is 6.78. The minimum Gasteiger partial charge on any atom is -0.356 e. The van der Waals surface area contributed by atoms with Crippen molar-refractivity contribution >= 4 is 29.9 Å². The molecule has 1 unspecified atom stereocenters. The van der Waals surface area contributed by atoms with Crippen LogP contribution in [-0.2, 0) is 6.18 Å². The van der Waals surface area contributed by atoms with Crippen LogP contribution in [0.5, 0.6) is 0 Å². The van der Waals surface area contributed by atoms with Gasteiger partial charge in [0.15, 0.2) is 5.96 Å². The predicted molar refractivity (Wildman–Crippen MR) is 121 cm³/mol. The molecule has 0 amide bonds. The highest BCUT2D eigenvalue weighted by Crippen LogP contribution is 2.29. The lowest BCUT2D eigenvalue weighted by Crippen LogP contribution is -2.42. The minimum absolute atomic E-state index is 0. The Bertz CT molecular complexity index is 748. The van der Waals surface area contributed by atoms with Gasteiger partial charge in [-0.1, -0.05) is 17.9 Å². The molecule has 2 aliphatic heterocycles. The Balaban J connectivity index is 0.00000300. The molecule has 1 aromatic rings. The van der Waals surface area contributed by atoms with Crippen molar-refractivity contribution in [2.24, 2.45) is 4.99 Å². The highest BCUT2D eigenvalue weighted by Gasteiger charge is 2.31. The number of benzene rings is 1. The summed E-state index contributed by atoms with van der Waals surface area (Å²) in [5.74, 6) is 6.50. The van der Waals surface area contributed by atoms with Gasteiger partial charge in [-0.15, -0.1) is 24.0 Å². The number of hydrogen-bond donors (Lipinski definition) is 1. The molecule has 8 heteroatoms. The highest BCUT2D eigenvalue weighted by molar-refractivity contribution is 14.0. The lowest BCUT2D eigenvalue weighted by atomic mass is 10.1. The van der Waals surface area contributed by atoms with Gasteiger partial charge in [0.1, 0.15) is 6.54 Å². The summed E-state index contributed by atoms with van der Waals surface area (Å²) in [6.45, 7) is 7.36. The van der Waals surface area contributed by atoms with E-state index in [2.05, 4.69) is 31.9 Å². The summed E-state index contributed by atoms with van der Waals surface area (Å²) >= 11 is 0. The Labute approximate surface area is 187 Å². The lowest BCUT2D eigenvalue weighted by Gasteiger charge is -2.25. The molecular weight excluding hydrogens is 492 g/mol. The van der Waals surface area contributed by atoms with Crippen LogP contribution in [0.2, 0.25) is 0 Å². The fourth-order valence-electron chi connectivity index (χ4n) is 3.79. The van der Waals surface area contributed by atoms with E-state index in [0.717, 1.165) is 44.1 Å². The summed E-state index contributed by atoms with van der Waals surface area (Å²) in [6, 6.07) is 5.67. The average Bonchev–Trinajstić information content (AvgIpc) is 3.35. The SMILES string of the molecule is CCNC(=NCC#Cc1cccc(C(F)(F)F)c1)N1CCC(N2CCCC2)C1.I. The molecule has 2 saturated heterocycles. The number of hydrogen-bond acceptors (Lipinski definition) is 2. The minimum atomic E-state index is -4.35. The van der Waals surface area contributed by atoms with Gasteiger partial charge in [-0.25, -0.2) is 4.99 Å². The molecule has 4 nitrogen and oxygen atoms in total. The van der Waals surface area contributed by atoms with Crippen LogP contribution in [0.4, 0.5) is 13.2 Å².